The number of allylic oxidation sites excluding steroid dienone is 1. The molecule has 1 heterocycles. The lowest BCUT2D eigenvalue weighted by atomic mass is 10.2. The van der Waals surface area contributed by atoms with E-state index in [0.717, 1.165) is 6.42 Å². The first-order valence-electron chi connectivity index (χ1n) is 3.04. The fourth-order valence-corrected chi connectivity index (χ4v) is 2.19. The van der Waals surface area contributed by atoms with Gasteiger partial charge in [0, 0.05) is 11.0 Å². The lowest BCUT2D eigenvalue weighted by molar-refractivity contribution is 0.599. The van der Waals surface area contributed by atoms with Crippen LogP contribution in [-0.4, -0.2) is 14.2 Å². The SMILES string of the molecule is C#CC1=CS(=O)(=O)CCC1. The fourth-order valence-electron chi connectivity index (χ4n) is 0.905. The summed E-state index contributed by atoms with van der Waals surface area (Å²) in [5.74, 6) is 2.59. The first-order chi connectivity index (χ1) is 4.64. The molecule has 0 fully saturated rings. The predicted molar refractivity (Wildman–Crippen MR) is 39.9 cm³/mol. The van der Waals surface area contributed by atoms with Gasteiger partial charge in [0.15, 0.2) is 9.84 Å². The lowest BCUT2D eigenvalue weighted by Crippen LogP contribution is -2.08. The van der Waals surface area contributed by atoms with E-state index in [4.69, 9.17) is 6.42 Å². The van der Waals surface area contributed by atoms with Crippen molar-refractivity contribution in [3.63, 3.8) is 0 Å². The number of sulfone groups is 1. The quantitative estimate of drug-likeness (QED) is 0.484. The summed E-state index contributed by atoms with van der Waals surface area (Å²) in [5.41, 5.74) is 0.603. The van der Waals surface area contributed by atoms with Crippen LogP contribution in [0.1, 0.15) is 12.8 Å². The van der Waals surface area contributed by atoms with Crippen molar-refractivity contribution in [2.45, 2.75) is 12.8 Å². The van der Waals surface area contributed by atoms with Crippen LogP contribution >= 0.6 is 0 Å². The summed E-state index contributed by atoms with van der Waals surface area (Å²) in [6.45, 7) is 0. The average molecular weight is 156 g/mol. The Bertz CT molecular complexity index is 290. The van der Waals surface area contributed by atoms with Crippen molar-refractivity contribution in [3.05, 3.63) is 11.0 Å². The van der Waals surface area contributed by atoms with E-state index in [9.17, 15) is 8.42 Å². The molecule has 0 spiro atoms. The number of hydrogen-bond donors (Lipinski definition) is 0. The monoisotopic (exact) mass is 156 g/mol. The molecule has 3 heteroatoms. The molecule has 0 aromatic carbocycles. The molecule has 0 radical (unpaired) electrons. The van der Waals surface area contributed by atoms with E-state index in [2.05, 4.69) is 5.92 Å². The summed E-state index contributed by atoms with van der Waals surface area (Å²) in [6, 6.07) is 0. The van der Waals surface area contributed by atoms with Gasteiger partial charge in [-0.15, -0.1) is 6.42 Å². The second-order valence-electron chi connectivity index (χ2n) is 2.26. The van der Waals surface area contributed by atoms with E-state index in [0.29, 0.717) is 12.0 Å². The van der Waals surface area contributed by atoms with Gasteiger partial charge < -0.3 is 0 Å². The van der Waals surface area contributed by atoms with Crippen LogP contribution in [0.15, 0.2) is 11.0 Å². The van der Waals surface area contributed by atoms with Crippen LogP contribution in [0.25, 0.3) is 0 Å². The standard InChI is InChI=1S/C7H8O2S/c1-2-7-4-3-5-10(8,9)6-7/h1,6H,3-5H2. The van der Waals surface area contributed by atoms with E-state index >= 15 is 0 Å². The molecule has 0 atom stereocenters. The highest BCUT2D eigenvalue weighted by Crippen LogP contribution is 2.14. The van der Waals surface area contributed by atoms with Gasteiger partial charge in [-0.2, -0.15) is 0 Å². The maximum absolute atomic E-state index is 10.8. The van der Waals surface area contributed by atoms with Gasteiger partial charge in [-0.1, -0.05) is 5.92 Å². The van der Waals surface area contributed by atoms with Gasteiger partial charge in [0.25, 0.3) is 0 Å². The molecule has 0 aromatic rings. The van der Waals surface area contributed by atoms with Gasteiger partial charge in [0.2, 0.25) is 0 Å². The summed E-state index contributed by atoms with van der Waals surface area (Å²) in [7, 11) is -2.95. The first-order valence-corrected chi connectivity index (χ1v) is 4.75. The van der Waals surface area contributed by atoms with Gasteiger partial charge >= 0.3 is 0 Å². The maximum atomic E-state index is 10.8. The van der Waals surface area contributed by atoms with Crippen LogP contribution in [0.3, 0.4) is 0 Å². The van der Waals surface area contributed by atoms with Crippen LogP contribution < -0.4 is 0 Å². The Morgan fingerprint density at radius 3 is 2.70 bits per heavy atom. The minimum Gasteiger partial charge on any atom is -0.224 e. The summed E-state index contributed by atoms with van der Waals surface area (Å²) < 4.78 is 21.7. The second-order valence-corrected chi connectivity index (χ2v) is 4.23. The highest BCUT2D eigenvalue weighted by Gasteiger charge is 2.13. The average Bonchev–Trinajstić information content (AvgIpc) is 1.86. The molecule has 0 N–H and O–H groups in total. The van der Waals surface area contributed by atoms with Crippen LogP contribution in [0, 0.1) is 12.3 Å². The number of hydrogen-bond acceptors (Lipinski definition) is 2. The number of terminal acetylenes is 1. The normalized spacial score (nSPS) is 22.9. The molecule has 0 aromatic heterocycles. The van der Waals surface area contributed by atoms with Gasteiger partial charge in [0.1, 0.15) is 0 Å². The molecule has 2 nitrogen and oxygen atoms in total. The molecule has 0 amide bonds. The first kappa shape index (κ1) is 7.36. The van der Waals surface area contributed by atoms with E-state index < -0.39 is 9.84 Å². The van der Waals surface area contributed by atoms with Crippen molar-refractivity contribution in [2.75, 3.05) is 5.75 Å². The van der Waals surface area contributed by atoms with Crippen LogP contribution in [0.5, 0.6) is 0 Å². The third kappa shape index (κ3) is 1.61. The molecule has 1 rings (SSSR count). The van der Waals surface area contributed by atoms with Gasteiger partial charge in [0.05, 0.1) is 5.75 Å². The van der Waals surface area contributed by atoms with E-state index in [-0.39, 0.29) is 5.75 Å². The fraction of sp³-hybridized carbons (Fsp3) is 0.429. The highest BCUT2D eigenvalue weighted by molar-refractivity contribution is 7.94. The topological polar surface area (TPSA) is 34.1 Å². The van der Waals surface area contributed by atoms with E-state index in [1.54, 1.807) is 0 Å². The minimum absolute atomic E-state index is 0.248. The third-order valence-corrected chi connectivity index (χ3v) is 2.88. The molecular formula is C7H8O2S. The van der Waals surface area contributed by atoms with Gasteiger partial charge in [-0.3, -0.25) is 0 Å². The Hall–Kier alpha value is -0.750. The molecule has 1 aliphatic rings. The van der Waals surface area contributed by atoms with E-state index in [1.807, 2.05) is 0 Å². The zero-order chi connectivity index (χ0) is 7.61. The largest absolute Gasteiger partial charge is 0.224 e. The van der Waals surface area contributed by atoms with Crippen molar-refractivity contribution in [2.24, 2.45) is 0 Å². The predicted octanol–water partition coefficient (Wildman–Crippen LogP) is 0.712. The summed E-state index contributed by atoms with van der Waals surface area (Å²) in [5, 5.41) is 1.20. The third-order valence-electron chi connectivity index (χ3n) is 1.38. The van der Waals surface area contributed by atoms with Crippen molar-refractivity contribution in [1.29, 1.82) is 0 Å². The van der Waals surface area contributed by atoms with Crippen molar-refractivity contribution >= 4 is 9.84 Å². The summed E-state index contributed by atoms with van der Waals surface area (Å²) in [4.78, 5) is 0. The Morgan fingerprint density at radius 1 is 1.60 bits per heavy atom. The van der Waals surface area contributed by atoms with Crippen LogP contribution in [0.2, 0.25) is 0 Å². The zero-order valence-electron chi connectivity index (χ0n) is 5.50. The van der Waals surface area contributed by atoms with Crippen molar-refractivity contribution in [1.82, 2.24) is 0 Å². The molecule has 0 unspecified atom stereocenters. The molecule has 54 valence electrons. The second kappa shape index (κ2) is 2.47. The molecule has 0 aliphatic carbocycles. The van der Waals surface area contributed by atoms with E-state index in [1.165, 1.54) is 5.41 Å². The zero-order valence-corrected chi connectivity index (χ0v) is 6.32. The maximum Gasteiger partial charge on any atom is 0.172 e. The molecular weight excluding hydrogens is 148 g/mol. The van der Waals surface area contributed by atoms with Crippen molar-refractivity contribution < 1.29 is 8.42 Å². The smallest absolute Gasteiger partial charge is 0.172 e. The van der Waals surface area contributed by atoms with Gasteiger partial charge in [-0.05, 0) is 12.8 Å². The Kier molecular flexibility index (Phi) is 1.82. The number of rotatable bonds is 0. The van der Waals surface area contributed by atoms with Gasteiger partial charge in [-0.25, -0.2) is 8.42 Å². The summed E-state index contributed by atoms with van der Waals surface area (Å²) in [6.07, 6.45) is 6.44. The molecule has 0 saturated heterocycles. The van der Waals surface area contributed by atoms with Crippen LogP contribution in [0.4, 0.5) is 0 Å². The lowest BCUT2D eigenvalue weighted by Gasteiger charge is -2.06. The highest BCUT2D eigenvalue weighted by atomic mass is 32.2. The molecule has 0 saturated carbocycles. The summed E-state index contributed by atoms with van der Waals surface area (Å²) >= 11 is 0. The molecule has 0 bridgehead atoms. The molecule has 1 aliphatic heterocycles. The Morgan fingerprint density at radius 2 is 2.30 bits per heavy atom. The molecule has 10 heavy (non-hydrogen) atoms. The minimum atomic E-state index is -2.95. The Balaban J connectivity index is 3.01. The van der Waals surface area contributed by atoms with Crippen molar-refractivity contribution in [3.8, 4) is 12.3 Å². The van der Waals surface area contributed by atoms with Crippen LogP contribution in [-0.2, 0) is 9.84 Å². The Labute approximate surface area is 60.9 Å².